The summed E-state index contributed by atoms with van der Waals surface area (Å²) in [5, 5.41) is 32.8. The van der Waals surface area contributed by atoms with Gasteiger partial charge in [-0.2, -0.15) is 0 Å². The number of nitrogens with zero attached hydrogens (tertiary/aromatic N) is 1. The number of ether oxygens (including phenoxy) is 6. The third-order valence-corrected chi connectivity index (χ3v) is 14.9. The van der Waals surface area contributed by atoms with Gasteiger partial charge in [-0.3, -0.25) is 19.2 Å². The largest absolute Gasteiger partial charge is 0.460 e. The second-order valence-corrected chi connectivity index (χ2v) is 20.2. The molecule has 0 aromatic carbocycles. The van der Waals surface area contributed by atoms with Crippen molar-refractivity contribution < 1.29 is 67.7 Å². The van der Waals surface area contributed by atoms with E-state index in [1.807, 2.05) is 58.1 Å². The summed E-state index contributed by atoms with van der Waals surface area (Å²) in [6.45, 7) is 12.9. The monoisotopic (exact) mass is 958 g/mol. The van der Waals surface area contributed by atoms with Crippen LogP contribution in [0.15, 0.2) is 47.6 Å². The van der Waals surface area contributed by atoms with Crippen LogP contribution in [-0.4, -0.2) is 145 Å². The zero-order valence-corrected chi connectivity index (χ0v) is 42.4. The summed E-state index contributed by atoms with van der Waals surface area (Å²) < 4.78 is 35.6. The van der Waals surface area contributed by atoms with Crippen LogP contribution < -0.4 is 0 Å². The Hall–Kier alpha value is -3.41. The Bertz CT molecular complexity index is 1810. The molecule has 1 saturated carbocycles. The summed E-state index contributed by atoms with van der Waals surface area (Å²) >= 11 is 0. The molecule has 1 amide bonds. The topological polar surface area (TPSA) is 205 Å². The van der Waals surface area contributed by atoms with Crippen LogP contribution in [0.2, 0.25) is 0 Å². The van der Waals surface area contributed by atoms with E-state index in [0.29, 0.717) is 63.4 Å². The van der Waals surface area contributed by atoms with Crippen molar-refractivity contribution in [1.29, 1.82) is 0 Å². The molecule has 0 radical (unpaired) electrons. The Morgan fingerprint density at radius 2 is 1.60 bits per heavy atom. The van der Waals surface area contributed by atoms with Crippen molar-refractivity contribution >= 4 is 29.2 Å². The number of fused-ring (bicyclic) bond motifs is 3. The molecule has 1 aliphatic carbocycles. The molecule has 0 spiro atoms. The number of methoxy groups -OCH3 is 3. The molecule has 3 heterocycles. The zero-order valence-electron chi connectivity index (χ0n) is 42.4. The molecule has 2 bridgehead atoms. The van der Waals surface area contributed by atoms with Crippen LogP contribution >= 0.6 is 0 Å². The Kier molecular flexibility index (Phi) is 22.9. The fourth-order valence-electron chi connectivity index (χ4n) is 10.5. The summed E-state index contributed by atoms with van der Waals surface area (Å²) in [7, 11) is 4.59. The maximum atomic E-state index is 14.5. The van der Waals surface area contributed by atoms with Gasteiger partial charge in [-0.25, -0.2) is 4.79 Å². The van der Waals surface area contributed by atoms with Crippen molar-refractivity contribution in [3.8, 4) is 0 Å². The van der Waals surface area contributed by atoms with Gasteiger partial charge < -0.3 is 48.6 Å². The molecule has 3 fully saturated rings. The van der Waals surface area contributed by atoms with Gasteiger partial charge in [-0.05, 0) is 107 Å². The number of esters is 1. The molecule has 0 aromatic rings. The first-order valence-electron chi connectivity index (χ1n) is 25.0. The fraction of sp³-hybridized carbons (Fsp3) is 0.755. The molecule has 15 heteroatoms. The molecule has 68 heavy (non-hydrogen) atoms. The lowest BCUT2D eigenvalue weighted by Crippen LogP contribution is -2.61. The number of hydrogen-bond acceptors (Lipinski definition) is 14. The molecule has 15 nitrogen and oxygen atoms in total. The second kappa shape index (κ2) is 27.3. The normalized spacial score (nSPS) is 36.7. The Morgan fingerprint density at radius 1 is 0.868 bits per heavy atom. The minimum absolute atomic E-state index is 0.0185. The fourth-order valence-corrected chi connectivity index (χ4v) is 10.5. The number of aliphatic hydroxyl groups is 3. The Balaban J connectivity index is 1.70. The standard InChI is InChI=1S/C53H83NO14/c1-32-16-12-11-13-17-33(2)44(63-8)30-40-21-19-38(7)53(62,68-40)50(59)51(60)54-23-15-14-18-41(54)52(61)67-45(35(4)28-39-20-22-43(66-25-24-55)46(29-39)64-9)31-42(56)34(3)27-37(6)48(58)49(65-10)47(57)36(5)26-32/h11-13,16-17,27,32,35-41,43-46,48-49,55,58,62H,14-15,18-26,28-31H2,1-10H3/t32-,35+,36-,37?,38+,39+,40-,41+,43-,44+,45+,46-,48-,49+,53+/m1/s1. The van der Waals surface area contributed by atoms with Gasteiger partial charge in [0.2, 0.25) is 5.79 Å². The minimum atomic E-state index is -2.43. The SMILES string of the molecule is CO[C@H]1C[C@H]2CC[C@H](C)[C@](O)(O2)C(=O)C(=O)N2CCCC[C@H]2C(=O)O[C@H]([C@@H](C)C[C@@H]2CC[C@@H](OCCO)[C@H](OC)C2)CC(=O)C(C)=CC(C)[C@@H](O)[C@@H](OC)C(=O)[C@H](C)C[C@H](C)C=CC=CC=C1C. The number of carbonyl (C=O) groups excluding carboxylic acids is 5. The average molecular weight is 958 g/mol. The number of carbonyl (C=O) groups is 5. The van der Waals surface area contributed by atoms with Gasteiger partial charge in [0.05, 0.1) is 43.7 Å². The molecule has 4 rings (SSSR count). The van der Waals surface area contributed by atoms with Gasteiger partial charge >= 0.3 is 5.97 Å². The van der Waals surface area contributed by atoms with E-state index < -0.39 is 77.8 Å². The quantitative estimate of drug-likeness (QED) is 0.174. The van der Waals surface area contributed by atoms with Gasteiger partial charge in [-0.15, -0.1) is 0 Å². The number of rotatable bonds is 9. The van der Waals surface area contributed by atoms with Crippen LogP contribution in [0.3, 0.4) is 0 Å². The van der Waals surface area contributed by atoms with Crippen molar-refractivity contribution in [2.24, 2.45) is 35.5 Å². The highest BCUT2D eigenvalue weighted by molar-refractivity contribution is 6.39. The van der Waals surface area contributed by atoms with Crippen LogP contribution in [0.4, 0.5) is 0 Å². The van der Waals surface area contributed by atoms with Crippen LogP contribution in [-0.2, 0) is 52.4 Å². The van der Waals surface area contributed by atoms with Gasteiger partial charge in [0.25, 0.3) is 11.7 Å². The first-order valence-corrected chi connectivity index (χ1v) is 25.0. The van der Waals surface area contributed by atoms with Gasteiger partial charge in [0.1, 0.15) is 18.2 Å². The summed E-state index contributed by atoms with van der Waals surface area (Å²) in [5.41, 5.74) is 1.19. The van der Waals surface area contributed by atoms with Crippen LogP contribution in [0.5, 0.6) is 0 Å². The van der Waals surface area contributed by atoms with Crippen LogP contribution in [0.25, 0.3) is 0 Å². The first-order chi connectivity index (χ1) is 32.3. The molecular weight excluding hydrogens is 875 g/mol. The van der Waals surface area contributed by atoms with E-state index in [1.54, 1.807) is 41.1 Å². The molecule has 384 valence electrons. The summed E-state index contributed by atoms with van der Waals surface area (Å²) in [6, 6.07) is -1.15. The zero-order chi connectivity index (χ0) is 50.3. The van der Waals surface area contributed by atoms with E-state index >= 15 is 0 Å². The molecule has 0 aromatic heterocycles. The van der Waals surface area contributed by atoms with Crippen molar-refractivity contribution in [3.05, 3.63) is 47.6 Å². The molecule has 2 saturated heterocycles. The number of aliphatic hydroxyl groups excluding tert-OH is 2. The number of hydrogen-bond donors (Lipinski definition) is 3. The highest BCUT2D eigenvalue weighted by Gasteiger charge is 2.53. The van der Waals surface area contributed by atoms with Crippen molar-refractivity contribution in [2.45, 2.75) is 180 Å². The average Bonchev–Trinajstić information content (AvgIpc) is 3.32. The lowest BCUT2D eigenvalue weighted by atomic mass is 9.78. The van der Waals surface area contributed by atoms with Gasteiger partial charge in [0.15, 0.2) is 11.6 Å². The lowest BCUT2D eigenvalue weighted by molar-refractivity contribution is -0.265. The molecule has 3 aliphatic heterocycles. The Morgan fingerprint density at radius 3 is 2.28 bits per heavy atom. The third kappa shape index (κ3) is 15.3. The molecule has 15 atom stereocenters. The number of piperidine rings is 1. The predicted octanol–water partition coefficient (Wildman–Crippen LogP) is 6.20. The smallest absolute Gasteiger partial charge is 0.329 e. The maximum absolute atomic E-state index is 14.5. The van der Waals surface area contributed by atoms with Crippen LogP contribution in [0.1, 0.15) is 126 Å². The van der Waals surface area contributed by atoms with E-state index in [2.05, 4.69) is 0 Å². The predicted molar refractivity (Wildman–Crippen MR) is 256 cm³/mol. The highest BCUT2D eigenvalue weighted by Crippen LogP contribution is 2.38. The van der Waals surface area contributed by atoms with Crippen LogP contribution in [0, 0.1) is 35.5 Å². The summed E-state index contributed by atoms with van der Waals surface area (Å²) in [6.07, 6.45) is 12.0. The second-order valence-electron chi connectivity index (χ2n) is 20.2. The van der Waals surface area contributed by atoms with E-state index in [4.69, 9.17) is 28.4 Å². The number of Topliss-reactive ketones (excluding diaryl/α,β-unsaturated/α-hetero) is 3. The minimum Gasteiger partial charge on any atom is -0.460 e. The number of amides is 1. The van der Waals surface area contributed by atoms with Gasteiger partial charge in [0, 0.05) is 58.5 Å². The summed E-state index contributed by atoms with van der Waals surface area (Å²) in [4.78, 5) is 72.1. The lowest BCUT2D eigenvalue weighted by Gasteiger charge is -2.42. The molecule has 4 aliphatic rings. The maximum Gasteiger partial charge on any atom is 0.329 e. The van der Waals surface area contributed by atoms with Crippen molar-refractivity contribution in [3.63, 3.8) is 0 Å². The van der Waals surface area contributed by atoms with E-state index in [-0.39, 0.29) is 74.1 Å². The van der Waals surface area contributed by atoms with Gasteiger partial charge in [-0.1, -0.05) is 71.1 Å². The number of cyclic esters (lactones) is 1. The molecule has 3 N–H and O–H groups in total. The number of allylic oxidation sites excluding steroid dienone is 6. The highest BCUT2D eigenvalue weighted by atomic mass is 16.6. The first kappa shape index (κ1) is 57.2. The number of ketones is 3. The van der Waals surface area contributed by atoms with Crippen molar-refractivity contribution in [1.82, 2.24) is 4.90 Å². The third-order valence-electron chi connectivity index (χ3n) is 14.9. The van der Waals surface area contributed by atoms with E-state index in [0.717, 1.165) is 12.0 Å². The molecular formula is C53H83NO14. The van der Waals surface area contributed by atoms with E-state index in [9.17, 15) is 39.3 Å². The van der Waals surface area contributed by atoms with E-state index in [1.165, 1.54) is 12.0 Å². The Labute approximate surface area is 405 Å². The van der Waals surface area contributed by atoms with Crippen molar-refractivity contribution in [2.75, 3.05) is 41.1 Å². The summed E-state index contributed by atoms with van der Waals surface area (Å²) in [5.74, 6) is -7.94. The molecule has 1 unspecified atom stereocenters.